The van der Waals surface area contributed by atoms with Crippen molar-refractivity contribution in [3.8, 4) is 0 Å². The van der Waals surface area contributed by atoms with Crippen molar-refractivity contribution in [2.75, 3.05) is 0 Å². The molecule has 1 aromatic carbocycles. The Morgan fingerprint density at radius 1 is 1.05 bits per heavy atom. The highest BCUT2D eigenvalue weighted by atomic mass is 35.5. The van der Waals surface area contributed by atoms with Crippen molar-refractivity contribution < 1.29 is 13.2 Å². The monoisotopic (exact) mass is 314 g/mol. The van der Waals surface area contributed by atoms with E-state index in [4.69, 9.17) is 11.6 Å². The van der Waals surface area contributed by atoms with Crippen LogP contribution < -0.4 is 0 Å². The van der Waals surface area contributed by atoms with Crippen molar-refractivity contribution in [2.24, 2.45) is 5.92 Å². The van der Waals surface area contributed by atoms with E-state index in [1.54, 1.807) is 6.07 Å². The van der Waals surface area contributed by atoms with E-state index in [0.717, 1.165) is 5.57 Å². The molecular formula is C17H18ClF3. The third-order valence-corrected chi connectivity index (χ3v) is 4.84. The van der Waals surface area contributed by atoms with Gasteiger partial charge in [-0.2, -0.15) is 13.2 Å². The van der Waals surface area contributed by atoms with Crippen LogP contribution in [0.3, 0.4) is 0 Å². The lowest BCUT2D eigenvalue weighted by Gasteiger charge is -2.29. The Morgan fingerprint density at radius 2 is 1.67 bits per heavy atom. The molecule has 0 fully saturated rings. The van der Waals surface area contributed by atoms with Crippen molar-refractivity contribution in [3.63, 3.8) is 0 Å². The van der Waals surface area contributed by atoms with Crippen LogP contribution in [0, 0.1) is 5.92 Å². The fraction of sp³-hybridized carbons (Fsp3) is 0.412. The van der Waals surface area contributed by atoms with Crippen molar-refractivity contribution in [1.82, 2.24) is 0 Å². The standard InChI is InChI=1S/C17H18ClF3/c1-9-7-14(12(4)11(3)10(9)2)13-5-6-16(18)15(8-13)17(19,20)21/h5-8,10,14H,1-4H3. The summed E-state index contributed by atoms with van der Waals surface area (Å²) < 4.78 is 39.0. The molecule has 0 aliphatic heterocycles. The zero-order valence-corrected chi connectivity index (χ0v) is 13.2. The van der Waals surface area contributed by atoms with E-state index in [0.29, 0.717) is 11.5 Å². The highest BCUT2D eigenvalue weighted by Gasteiger charge is 2.34. The number of hydrogen-bond acceptors (Lipinski definition) is 0. The zero-order valence-electron chi connectivity index (χ0n) is 12.5. The molecule has 0 bridgehead atoms. The zero-order chi connectivity index (χ0) is 15.9. The van der Waals surface area contributed by atoms with Crippen molar-refractivity contribution in [2.45, 2.75) is 39.8 Å². The first-order valence-electron chi connectivity index (χ1n) is 6.85. The molecule has 2 rings (SSSR count). The summed E-state index contributed by atoms with van der Waals surface area (Å²) in [5.41, 5.74) is 3.39. The molecule has 114 valence electrons. The van der Waals surface area contributed by atoms with Crippen LogP contribution in [0.5, 0.6) is 0 Å². The molecule has 0 saturated carbocycles. The number of benzene rings is 1. The number of alkyl halides is 3. The smallest absolute Gasteiger partial charge is 0.166 e. The molecule has 0 spiro atoms. The van der Waals surface area contributed by atoms with Gasteiger partial charge in [-0.05, 0) is 44.4 Å². The summed E-state index contributed by atoms with van der Waals surface area (Å²) in [5.74, 6) is 0.232. The molecule has 21 heavy (non-hydrogen) atoms. The summed E-state index contributed by atoms with van der Waals surface area (Å²) in [5, 5.41) is -0.255. The molecule has 0 amide bonds. The SMILES string of the molecule is CC1=CC(c2ccc(Cl)c(C(F)(F)F)c2)C(C)=C(C)C1C. The number of halogens is 4. The Bertz CT molecular complexity index is 623. The van der Waals surface area contributed by atoms with Crippen molar-refractivity contribution in [3.05, 3.63) is 57.1 Å². The van der Waals surface area contributed by atoms with Crippen LogP contribution in [0.25, 0.3) is 0 Å². The molecule has 0 saturated heterocycles. The van der Waals surface area contributed by atoms with Crippen LogP contribution in [0.2, 0.25) is 5.02 Å². The van der Waals surface area contributed by atoms with E-state index in [1.165, 1.54) is 23.3 Å². The first-order valence-corrected chi connectivity index (χ1v) is 7.23. The lowest BCUT2D eigenvalue weighted by atomic mass is 9.77. The Kier molecular flexibility index (Phi) is 4.25. The molecular weight excluding hydrogens is 297 g/mol. The van der Waals surface area contributed by atoms with Crippen molar-refractivity contribution >= 4 is 11.6 Å². The van der Waals surface area contributed by atoms with Gasteiger partial charge in [-0.25, -0.2) is 0 Å². The average molecular weight is 315 g/mol. The molecule has 2 unspecified atom stereocenters. The van der Waals surface area contributed by atoms with Gasteiger partial charge in [0.1, 0.15) is 0 Å². The predicted molar refractivity (Wildman–Crippen MR) is 80.5 cm³/mol. The third-order valence-electron chi connectivity index (χ3n) is 4.51. The summed E-state index contributed by atoms with van der Waals surface area (Å²) in [4.78, 5) is 0. The molecule has 1 aliphatic carbocycles. The minimum atomic E-state index is -4.43. The van der Waals surface area contributed by atoms with Crippen molar-refractivity contribution in [1.29, 1.82) is 0 Å². The van der Waals surface area contributed by atoms with E-state index >= 15 is 0 Å². The molecule has 0 aromatic heterocycles. The summed E-state index contributed by atoms with van der Waals surface area (Å²) in [7, 11) is 0. The van der Waals surface area contributed by atoms with Gasteiger partial charge in [0.15, 0.2) is 0 Å². The van der Waals surface area contributed by atoms with E-state index in [1.807, 2.05) is 20.8 Å². The molecule has 0 N–H and O–H groups in total. The molecule has 0 radical (unpaired) electrons. The Balaban J connectivity index is 2.53. The molecule has 0 nitrogen and oxygen atoms in total. The van der Waals surface area contributed by atoms with Crippen LogP contribution in [-0.2, 0) is 6.18 Å². The third kappa shape index (κ3) is 3.03. The van der Waals surface area contributed by atoms with E-state index in [2.05, 4.69) is 13.0 Å². The number of rotatable bonds is 1. The van der Waals surface area contributed by atoms with E-state index in [-0.39, 0.29) is 10.9 Å². The van der Waals surface area contributed by atoms with Gasteiger partial charge in [0.2, 0.25) is 0 Å². The maximum atomic E-state index is 13.0. The second-order valence-corrected chi connectivity index (χ2v) is 6.12. The summed E-state index contributed by atoms with van der Waals surface area (Å²) in [6.07, 6.45) is -2.38. The van der Waals surface area contributed by atoms with Gasteiger partial charge in [0.05, 0.1) is 10.6 Å². The first kappa shape index (κ1) is 16.2. The second kappa shape index (κ2) is 5.53. The number of allylic oxidation sites excluding steroid dienone is 4. The topological polar surface area (TPSA) is 0 Å². The van der Waals surface area contributed by atoms with Crippen LogP contribution in [0.15, 0.2) is 41.0 Å². The molecule has 1 aliphatic rings. The number of hydrogen-bond donors (Lipinski definition) is 0. The summed E-state index contributed by atoms with van der Waals surface area (Å²) >= 11 is 5.69. The first-order chi connectivity index (χ1) is 9.62. The average Bonchev–Trinajstić information content (AvgIpc) is 2.40. The van der Waals surface area contributed by atoms with E-state index < -0.39 is 11.7 Å². The van der Waals surface area contributed by atoms with Crippen LogP contribution in [-0.4, -0.2) is 0 Å². The van der Waals surface area contributed by atoms with Gasteiger partial charge in [0, 0.05) is 5.92 Å². The lowest BCUT2D eigenvalue weighted by molar-refractivity contribution is -0.137. The van der Waals surface area contributed by atoms with Crippen LogP contribution in [0.4, 0.5) is 13.2 Å². The minimum Gasteiger partial charge on any atom is -0.166 e. The normalized spacial score (nSPS) is 23.3. The van der Waals surface area contributed by atoms with Gasteiger partial charge in [-0.15, -0.1) is 0 Å². The molecule has 4 heteroatoms. The van der Waals surface area contributed by atoms with Gasteiger partial charge < -0.3 is 0 Å². The minimum absolute atomic E-state index is 0.112. The Hall–Kier alpha value is -1.22. The Morgan fingerprint density at radius 3 is 2.24 bits per heavy atom. The van der Waals surface area contributed by atoms with Gasteiger partial charge >= 0.3 is 6.18 Å². The second-order valence-electron chi connectivity index (χ2n) is 5.71. The summed E-state index contributed by atoms with van der Waals surface area (Å²) in [6, 6.07) is 4.19. The predicted octanol–water partition coefficient (Wildman–Crippen LogP) is 6.37. The van der Waals surface area contributed by atoms with Crippen LogP contribution >= 0.6 is 11.6 Å². The van der Waals surface area contributed by atoms with Gasteiger partial charge in [0.25, 0.3) is 0 Å². The van der Waals surface area contributed by atoms with Crippen LogP contribution in [0.1, 0.15) is 44.7 Å². The van der Waals surface area contributed by atoms with E-state index in [9.17, 15) is 13.2 Å². The highest BCUT2D eigenvalue weighted by Crippen LogP contribution is 2.41. The van der Waals surface area contributed by atoms with Gasteiger partial charge in [-0.3, -0.25) is 0 Å². The van der Waals surface area contributed by atoms with Gasteiger partial charge in [-0.1, -0.05) is 47.4 Å². The molecule has 1 aromatic rings. The largest absolute Gasteiger partial charge is 0.417 e. The maximum absolute atomic E-state index is 13.0. The summed E-state index contributed by atoms with van der Waals surface area (Å²) in [6.45, 7) is 8.17. The molecule has 2 atom stereocenters. The fourth-order valence-electron chi connectivity index (χ4n) is 2.76. The quantitative estimate of drug-likeness (QED) is 0.528. The molecule has 0 heterocycles. The highest BCUT2D eigenvalue weighted by molar-refractivity contribution is 6.31. The lowest BCUT2D eigenvalue weighted by Crippen LogP contribution is -2.14. The Labute approximate surface area is 128 Å². The maximum Gasteiger partial charge on any atom is 0.417 e. The fourth-order valence-corrected chi connectivity index (χ4v) is 2.99.